The molecule has 0 saturated carbocycles. The van der Waals surface area contributed by atoms with E-state index in [0.717, 1.165) is 32.7 Å². The second kappa shape index (κ2) is 11.3. The minimum atomic E-state index is -0.704. The zero-order valence-electron chi connectivity index (χ0n) is 19.0. The minimum absolute atomic E-state index is 0.330. The first-order chi connectivity index (χ1) is 16.6. The Bertz CT molecular complexity index is 1290. The van der Waals surface area contributed by atoms with E-state index in [1.165, 1.54) is 0 Å². The van der Waals surface area contributed by atoms with E-state index in [1.807, 2.05) is 78.9 Å². The summed E-state index contributed by atoms with van der Waals surface area (Å²) < 4.78 is 11.4. The summed E-state index contributed by atoms with van der Waals surface area (Å²) in [4.78, 5) is 16.9. The number of carbonyl (C=O) groups is 1. The predicted octanol–water partition coefficient (Wildman–Crippen LogP) is 5.45. The van der Waals surface area contributed by atoms with Crippen LogP contribution in [0.4, 0.5) is 0 Å². The highest BCUT2D eigenvalue weighted by atomic mass is 32.2. The molecular weight excluding hydrogens is 446 g/mol. The maximum absolute atomic E-state index is 12.5. The van der Waals surface area contributed by atoms with Crippen molar-refractivity contribution in [2.45, 2.75) is 23.8 Å². The van der Waals surface area contributed by atoms with Gasteiger partial charge in [0.05, 0.1) is 18.4 Å². The van der Waals surface area contributed by atoms with Gasteiger partial charge in [0.25, 0.3) is 5.91 Å². The first-order valence-corrected chi connectivity index (χ1v) is 11.8. The van der Waals surface area contributed by atoms with Crippen LogP contribution in [0.25, 0.3) is 10.8 Å². The molecule has 0 aliphatic carbocycles. The van der Waals surface area contributed by atoms with Gasteiger partial charge in [0, 0.05) is 22.9 Å². The molecule has 1 aromatic heterocycles. The Labute approximate surface area is 203 Å². The number of hydrogen-bond acceptors (Lipinski definition) is 6. The molecule has 1 N–H and O–H groups in total. The van der Waals surface area contributed by atoms with Gasteiger partial charge in [-0.25, -0.2) is 10.4 Å². The van der Waals surface area contributed by atoms with Crippen LogP contribution < -0.4 is 14.9 Å². The van der Waals surface area contributed by atoms with Crippen molar-refractivity contribution >= 4 is 34.7 Å². The number of carbonyl (C=O) groups excluding carboxylic acids is 1. The summed E-state index contributed by atoms with van der Waals surface area (Å²) in [6.45, 7) is 1.70. The van der Waals surface area contributed by atoms with Gasteiger partial charge in [-0.3, -0.25) is 4.79 Å². The van der Waals surface area contributed by atoms with Gasteiger partial charge in [-0.2, -0.15) is 5.10 Å². The van der Waals surface area contributed by atoms with Gasteiger partial charge in [-0.15, -0.1) is 11.8 Å². The van der Waals surface area contributed by atoms with Crippen LogP contribution in [0.5, 0.6) is 11.5 Å². The van der Waals surface area contributed by atoms with Gasteiger partial charge in [0.1, 0.15) is 11.5 Å². The Hall–Kier alpha value is -3.84. The molecule has 6 nitrogen and oxygen atoms in total. The molecule has 0 radical (unpaired) electrons. The maximum Gasteiger partial charge on any atom is 0.280 e. The summed E-state index contributed by atoms with van der Waals surface area (Å²) in [6.07, 6.45) is 2.68. The Kier molecular flexibility index (Phi) is 7.78. The van der Waals surface area contributed by atoms with Crippen LogP contribution in [0.2, 0.25) is 0 Å². The number of thioether (sulfide) groups is 1. The molecule has 7 heteroatoms. The molecule has 0 bridgehead atoms. The monoisotopic (exact) mass is 471 g/mol. The van der Waals surface area contributed by atoms with Crippen molar-refractivity contribution in [1.29, 1.82) is 0 Å². The number of fused-ring (bicyclic) bond motifs is 1. The molecule has 1 atom stereocenters. The number of amides is 1. The molecular formula is C27H25N3O3S. The number of hydrogen-bond donors (Lipinski definition) is 1. The molecule has 0 saturated heterocycles. The molecule has 1 unspecified atom stereocenters. The summed E-state index contributed by atoms with van der Waals surface area (Å²) in [5.74, 6) is 1.82. The molecule has 3 aromatic carbocycles. The van der Waals surface area contributed by atoms with E-state index in [0.29, 0.717) is 11.5 Å². The third kappa shape index (κ3) is 5.94. The normalized spacial score (nSPS) is 11.9. The largest absolute Gasteiger partial charge is 0.496 e. The Morgan fingerprint density at radius 2 is 1.88 bits per heavy atom. The SMILES string of the molecule is COc1ccc(/C=N/NC(=O)C(C)Oc2cccc3ccccc23)cc1CSc1ccccn1. The average Bonchev–Trinajstić information content (AvgIpc) is 2.88. The van der Waals surface area contributed by atoms with Crippen molar-refractivity contribution in [2.75, 3.05) is 7.11 Å². The van der Waals surface area contributed by atoms with Gasteiger partial charge >= 0.3 is 0 Å². The zero-order valence-corrected chi connectivity index (χ0v) is 19.8. The van der Waals surface area contributed by atoms with Crippen molar-refractivity contribution in [1.82, 2.24) is 10.4 Å². The lowest BCUT2D eigenvalue weighted by atomic mass is 10.1. The van der Waals surface area contributed by atoms with E-state index in [9.17, 15) is 4.79 Å². The highest BCUT2D eigenvalue weighted by molar-refractivity contribution is 7.98. The first-order valence-electron chi connectivity index (χ1n) is 10.8. The third-order valence-electron chi connectivity index (χ3n) is 5.13. The Morgan fingerprint density at radius 3 is 2.71 bits per heavy atom. The number of ether oxygens (including phenoxy) is 2. The fraction of sp³-hybridized carbons (Fsp3) is 0.148. The lowest BCUT2D eigenvalue weighted by molar-refractivity contribution is -0.127. The molecule has 0 fully saturated rings. The summed E-state index contributed by atoms with van der Waals surface area (Å²) in [5.41, 5.74) is 4.43. The average molecular weight is 472 g/mol. The van der Waals surface area contributed by atoms with Crippen LogP contribution in [0.3, 0.4) is 0 Å². The van der Waals surface area contributed by atoms with Crippen LogP contribution >= 0.6 is 11.8 Å². The number of pyridine rings is 1. The van der Waals surface area contributed by atoms with Gasteiger partial charge in [0.15, 0.2) is 6.10 Å². The molecule has 1 heterocycles. The molecule has 4 rings (SSSR count). The minimum Gasteiger partial charge on any atom is -0.496 e. The molecule has 4 aromatic rings. The fourth-order valence-electron chi connectivity index (χ4n) is 3.38. The van der Waals surface area contributed by atoms with E-state index in [2.05, 4.69) is 15.5 Å². The second-order valence-corrected chi connectivity index (χ2v) is 8.50. The Balaban J connectivity index is 1.37. The van der Waals surface area contributed by atoms with Crippen molar-refractivity contribution in [2.24, 2.45) is 5.10 Å². The predicted molar refractivity (Wildman–Crippen MR) is 137 cm³/mol. The summed E-state index contributed by atoms with van der Waals surface area (Å²) >= 11 is 1.62. The highest BCUT2D eigenvalue weighted by Gasteiger charge is 2.15. The first kappa shape index (κ1) is 23.3. The summed E-state index contributed by atoms with van der Waals surface area (Å²) in [6, 6.07) is 25.3. The lowest BCUT2D eigenvalue weighted by Crippen LogP contribution is -2.33. The van der Waals surface area contributed by atoms with Crippen LogP contribution in [-0.4, -0.2) is 30.3 Å². The number of nitrogens with one attached hydrogen (secondary N) is 1. The number of hydrazone groups is 1. The molecule has 34 heavy (non-hydrogen) atoms. The van der Waals surface area contributed by atoms with E-state index in [1.54, 1.807) is 38.2 Å². The maximum atomic E-state index is 12.5. The Morgan fingerprint density at radius 1 is 1.06 bits per heavy atom. The van der Waals surface area contributed by atoms with Crippen LogP contribution in [0.15, 0.2) is 95.2 Å². The van der Waals surface area contributed by atoms with Crippen molar-refractivity contribution in [3.63, 3.8) is 0 Å². The van der Waals surface area contributed by atoms with E-state index >= 15 is 0 Å². The molecule has 172 valence electrons. The number of aromatic nitrogens is 1. The van der Waals surface area contributed by atoms with Gasteiger partial charge in [-0.1, -0.05) is 42.5 Å². The molecule has 0 aliphatic rings. The van der Waals surface area contributed by atoms with Crippen LogP contribution in [0, 0.1) is 0 Å². The van der Waals surface area contributed by atoms with Crippen LogP contribution in [-0.2, 0) is 10.5 Å². The number of benzene rings is 3. The summed E-state index contributed by atoms with van der Waals surface area (Å²) in [5, 5.41) is 7.08. The number of nitrogens with zero attached hydrogens (tertiary/aromatic N) is 2. The number of methoxy groups -OCH3 is 1. The van der Waals surface area contributed by atoms with Crippen molar-refractivity contribution in [3.05, 3.63) is 96.2 Å². The molecule has 0 spiro atoms. The zero-order chi connectivity index (χ0) is 23.8. The second-order valence-electron chi connectivity index (χ2n) is 7.50. The van der Waals surface area contributed by atoms with Crippen molar-refractivity contribution in [3.8, 4) is 11.5 Å². The topological polar surface area (TPSA) is 72.8 Å². The smallest absolute Gasteiger partial charge is 0.280 e. The van der Waals surface area contributed by atoms with E-state index < -0.39 is 6.10 Å². The van der Waals surface area contributed by atoms with Gasteiger partial charge in [0.2, 0.25) is 0 Å². The number of rotatable bonds is 9. The molecule has 1 amide bonds. The van der Waals surface area contributed by atoms with E-state index in [4.69, 9.17) is 9.47 Å². The lowest BCUT2D eigenvalue weighted by Gasteiger charge is -2.14. The fourth-order valence-corrected chi connectivity index (χ4v) is 4.22. The molecule has 0 aliphatic heterocycles. The van der Waals surface area contributed by atoms with Crippen LogP contribution in [0.1, 0.15) is 18.1 Å². The summed E-state index contributed by atoms with van der Waals surface area (Å²) in [7, 11) is 1.65. The third-order valence-corrected chi connectivity index (χ3v) is 6.12. The van der Waals surface area contributed by atoms with Gasteiger partial charge in [-0.05, 0) is 54.3 Å². The standard InChI is InChI=1S/C27H25N3O3S/c1-19(33-25-11-7-9-21-8-3-4-10-23(21)25)27(31)30-29-17-20-13-14-24(32-2)22(16-20)18-34-26-12-5-6-15-28-26/h3-17,19H,18H2,1-2H3,(H,30,31)/b29-17+. The highest BCUT2D eigenvalue weighted by Crippen LogP contribution is 2.28. The van der Waals surface area contributed by atoms with Crippen molar-refractivity contribution < 1.29 is 14.3 Å². The quantitative estimate of drug-likeness (QED) is 0.200. The van der Waals surface area contributed by atoms with Gasteiger partial charge < -0.3 is 9.47 Å². The van der Waals surface area contributed by atoms with E-state index in [-0.39, 0.29) is 5.91 Å².